The molecule has 1 aromatic heterocycles. The highest BCUT2D eigenvalue weighted by Crippen LogP contribution is 2.36. The van der Waals surface area contributed by atoms with Crippen LogP contribution in [0, 0.1) is 6.92 Å². The number of para-hydroxylation sites is 1. The van der Waals surface area contributed by atoms with Crippen LogP contribution in [0.2, 0.25) is 0 Å². The number of carbonyl (C=O) groups excluding carboxylic acids is 1. The Kier molecular flexibility index (Phi) is 8.73. The number of esters is 1. The Morgan fingerprint density at radius 2 is 1.74 bits per heavy atom. The number of fused-ring (bicyclic) bond motifs is 1. The number of ether oxygens (including phenoxy) is 3. The quantitative estimate of drug-likeness (QED) is 0.245. The van der Waals surface area contributed by atoms with Crippen molar-refractivity contribution in [3.8, 4) is 11.5 Å². The maximum atomic E-state index is 14.0. The Hall–Kier alpha value is -4.43. The summed E-state index contributed by atoms with van der Waals surface area (Å²) in [5.41, 5.74) is 4.46. The van der Waals surface area contributed by atoms with E-state index in [0.717, 1.165) is 16.9 Å². The second-order valence-corrected chi connectivity index (χ2v) is 11.4. The average Bonchev–Trinajstić information content (AvgIpc) is 3.27. The van der Waals surface area contributed by atoms with E-state index in [1.165, 1.54) is 16.9 Å². The van der Waals surface area contributed by atoms with E-state index in [4.69, 9.17) is 14.2 Å². The van der Waals surface area contributed by atoms with Crippen LogP contribution in [0.1, 0.15) is 56.0 Å². The van der Waals surface area contributed by atoms with Gasteiger partial charge in [-0.05, 0) is 70.0 Å². The number of allylic oxidation sites excluding steroid dienone is 1. The first-order chi connectivity index (χ1) is 20.2. The Labute approximate surface area is 249 Å². The highest BCUT2D eigenvalue weighted by molar-refractivity contribution is 7.07. The number of thiazole rings is 1. The molecule has 0 saturated carbocycles. The molecule has 0 spiro atoms. The van der Waals surface area contributed by atoms with Crippen LogP contribution in [0.25, 0.3) is 6.08 Å². The summed E-state index contributed by atoms with van der Waals surface area (Å²) in [6.07, 6.45) is 1.74. The maximum Gasteiger partial charge on any atom is 0.338 e. The molecule has 1 aliphatic heterocycles. The molecule has 1 atom stereocenters. The normalized spacial score (nSPS) is 14.9. The van der Waals surface area contributed by atoms with Gasteiger partial charge in [-0.25, -0.2) is 9.79 Å². The van der Waals surface area contributed by atoms with E-state index in [-0.39, 0.29) is 18.3 Å². The molecule has 3 aromatic carbocycles. The van der Waals surface area contributed by atoms with E-state index < -0.39 is 12.0 Å². The van der Waals surface area contributed by atoms with Crippen LogP contribution in [0.5, 0.6) is 11.5 Å². The summed E-state index contributed by atoms with van der Waals surface area (Å²) >= 11 is 1.29. The van der Waals surface area contributed by atoms with Crippen LogP contribution < -0.4 is 24.4 Å². The van der Waals surface area contributed by atoms with Crippen molar-refractivity contribution in [1.82, 2.24) is 4.57 Å². The van der Waals surface area contributed by atoms with Gasteiger partial charge in [-0.15, -0.1) is 0 Å². The van der Waals surface area contributed by atoms with E-state index in [2.05, 4.69) is 36.2 Å². The van der Waals surface area contributed by atoms with Crippen LogP contribution in [0.3, 0.4) is 0 Å². The monoisotopic (exact) mass is 582 g/mol. The summed E-state index contributed by atoms with van der Waals surface area (Å²) in [5.74, 6) is 0.842. The lowest BCUT2D eigenvalue weighted by atomic mass is 9.95. The molecule has 7 nitrogen and oxygen atoms in total. The van der Waals surface area contributed by atoms with Crippen LogP contribution >= 0.6 is 11.3 Å². The van der Waals surface area contributed by atoms with Crippen molar-refractivity contribution in [3.63, 3.8) is 0 Å². The first-order valence-electron chi connectivity index (χ1n) is 14.0. The smallest absolute Gasteiger partial charge is 0.338 e. The fourth-order valence-electron chi connectivity index (χ4n) is 4.82. The molecule has 0 N–H and O–H groups in total. The Morgan fingerprint density at radius 1 is 1.02 bits per heavy atom. The molecule has 0 unspecified atom stereocenters. The number of aryl methyl sites for hydroxylation is 1. The van der Waals surface area contributed by atoms with E-state index >= 15 is 0 Å². The van der Waals surface area contributed by atoms with E-state index in [1.807, 2.05) is 68.5 Å². The van der Waals surface area contributed by atoms with Crippen LogP contribution in [-0.4, -0.2) is 23.2 Å². The number of rotatable bonds is 9. The van der Waals surface area contributed by atoms with Crippen LogP contribution in [0.4, 0.5) is 0 Å². The van der Waals surface area contributed by atoms with E-state index in [0.29, 0.717) is 38.5 Å². The van der Waals surface area contributed by atoms with Gasteiger partial charge >= 0.3 is 5.97 Å². The Morgan fingerprint density at radius 3 is 2.43 bits per heavy atom. The summed E-state index contributed by atoms with van der Waals surface area (Å²) in [7, 11) is 0. The number of hydrogen-bond acceptors (Lipinski definition) is 7. The number of hydrogen-bond donors (Lipinski definition) is 0. The van der Waals surface area contributed by atoms with Crippen molar-refractivity contribution in [2.75, 3.05) is 6.61 Å². The maximum absolute atomic E-state index is 14.0. The molecule has 0 bridgehead atoms. The van der Waals surface area contributed by atoms with Crippen molar-refractivity contribution < 1.29 is 19.0 Å². The minimum absolute atomic E-state index is 0.0954. The molecule has 0 amide bonds. The zero-order valence-corrected chi connectivity index (χ0v) is 25.2. The standard InChI is InChI=1S/C34H34N2O5S/c1-6-39-33(38)30-23(5)35-34-36(31(30)27-9-7-8-10-28(27)41-21(2)3)32(37)29(42-34)19-24-15-17-26(18-16-24)40-20-25-13-11-22(4)12-14-25/h7-19,21,31H,6,20H2,1-5H3/b29-19+/t31-/m1/s1. The van der Waals surface area contributed by atoms with Gasteiger partial charge in [-0.2, -0.15) is 0 Å². The van der Waals surface area contributed by atoms with Crippen molar-refractivity contribution in [2.45, 2.75) is 53.4 Å². The molecule has 2 heterocycles. The van der Waals surface area contributed by atoms with Gasteiger partial charge in [0.25, 0.3) is 5.56 Å². The van der Waals surface area contributed by atoms with Gasteiger partial charge in [0.15, 0.2) is 4.80 Å². The second-order valence-electron chi connectivity index (χ2n) is 10.4. The largest absolute Gasteiger partial charge is 0.491 e. The van der Waals surface area contributed by atoms with Crippen molar-refractivity contribution in [1.29, 1.82) is 0 Å². The predicted molar refractivity (Wildman–Crippen MR) is 165 cm³/mol. The zero-order chi connectivity index (χ0) is 29.8. The SMILES string of the molecule is CCOC(=O)C1=C(C)N=c2s/c(=C/c3ccc(OCc4ccc(C)cc4)cc3)c(=O)n2[C@@H]1c1ccccc1OC(C)C. The summed E-state index contributed by atoms with van der Waals surface area (Å²) in [6.45, 7) is 10.2. The number of carbonyl (C=O) groups is 1. The zero-order valence-electron chi connectivity index (χ0n) is 24.4. The van der Waals surface area contributed by atoms with Crippen molar-refractivity contribution in [2.24, 2.45) is 4.99 Å². The Bertz CT molecular complexity index is 1800. The van der Waals surface area contributed by atoms with Gasteiger partial charge in [-0.1, -0.05) is 71.5 Å². The lowest BCUT2D eigenvalue weighted by molar-refractivity contribution is -0.139. The molecule has 0 saturated heterocycles. The lowest BCUT2D eigenvalue weighted by Gasteiger charge is -2.26. The highest BCUT2D eigenvalue weighted by Gasteiger charge is 2.35. The molecule has 216 valence electrons. The molecule has 0 fully saturated rings. The molecule has 5 rings (SSSR count). The van der Waals surface area contributed by atoms with E-state index in [9.17, 15) is 9.59 Å². The molecule has 1 aliphatic rings. The van der Waals surface area contributed by atoms with Gasteiger partial charge < -0.3 is 14.2 Å². The van der Waals surface area contributed by atoms with Crippen molar-refractivity contribution in [3.05, 3.63) is 126 Å². The first-order valence-corrected chi connectivity index (χ1v) is 14.8. The van der Waals surface area contributed by atoms with Crippen LogP contribution in [-0.2, 0) is 16.1 Å². The van der Waals surface area contributed by atoms with Gasteiger partial charge in [0.05, 0.1) is 28.5 Å². The fraction of sp³-hybridized carbons (Fsp3) is 0.265. The minimum Gasteiger partial charge on any atom is -0.491 e. The third-order valence-corrected chi connectivity index (χ3v) is 7.78. The molecular formula is C34H34N2O5S. The Balaban J connectivity index is 1.52. The molecule has 42 heavy (non-hydrogen) atoms. The van der Waals surface area contributed by atoms with Crippen molar-refractivity contribution >= 4 is 23.4 Å². The van der Waals surface area contributed by atoms with Gasteiger partial charge in [-0.3, -0.25) is 9.36 Å². The third kappa shape index (κ3) is 6.24. The minimum atomic E-state index is -0.741. The van der Waals surface area contributed by atoms with E-state index in [1.54, 1.807) is 18.4 Å². The van der Waals surface area contributed by atoms with Crippen LogP contribution in [0.15, 0.2) is 93.9 Å². The molecule has 0 aliphatic carbocycles. The third-order valence-electron chi connectivity index (χ3n) is 6.80. The molecular weight excluding hydrogens is 548 g/mol. The highest BCUT2D eigenvalue weighted by atomic mass is 32.1. The van der Waals surface area contributed by atoms with Gasteiger partial charge in [0, 0.05) is 5.56 Å². The predicted octanol–water partition coefficient (Wildman–Crippen LogP) is 5.47. The molecule has 0 radical (unpaired) electrons. The summed E-state index contributed by atoms with van der Waals surface area (Å²) in [5, 5.41) is 0. The second kappa shape index (κ2) is 12.6. The number of nitrogens with zero attached hydrogens (tertiary/aromatic N) is 2. The fourth-order valence-corrected chi connectivity index (χ4v) is 5.86. The molecule has 4 aromatic rings. The topological polar surface area (TPSA) is 79.1 Å². The average molecular weight is 583 g/mol. The molecule has 8 heteroatoms. The summed E-state index contributed by atoms with van der Waals surface area (Å²) in [6, 6.07) is 22.6. The number of aromatic nitrogens is 1. The number of benzene rings is 3. The first kappa shape index (κ1) is 29.1. The summed E-state index contributed by atoms with van der Waals surface area (Å²) in [4.78, 5) is 32.4. The van der Waals surface area contributed by atoms with Gasteiger partial charge in [0.1, 0.15) is 24.1 Å². The lowest BCUT2D eigenvalue weighted by Crippen LogP contribution is -2.40. The van der Waals surface area contributed by atoms with Gasteiger partial charge in [0.2, 0.25) is 0 Å². The summed E-state index contributed by atoms with van der Waals surface area (Å²) < 4.78 is 19.6.